The van der Waals surface area contributed by atoms with Crippen LogP contribution in [0, 0.1) is 16.0 Å². The van der Waals surface area contributed by atoms with Gasteiger partial charge < -0.3 is 5.32 Å². The quantitative estimate of drug-likeness (QED) is 0.609. The van der Waals surface area contributed by atoms with E-state index >= 15 is 0 Å². The molecule has 0 aromatic heterocycles. The van der Waals surface area contributed by atoms with E-state index in [2.05, 4.69) is 42.0 Å². The lowest BCUT2D eigenvalue weighted by Gasteiger charge is -2.22. The second kappa shape index (κ2) is 7.60. The van der Waals surface area contributed by atoms with Gasteiger partial charge in [-0.25, -0.2) is 0 Å². The van der Waals surface area contributed by atoms with Crippen molar-refractivity contribution in [2.75, 3.05) is 6.54 Å². The lowest BCUT2D eigenvalue weighted by atomic mass is 9.95. The van der Waals surface area contributed by atoms with Crippen molar-refractivity contribution >= 4 is 21.6 Å². The minimum absolute atomic E-state index is 0.201. The second-order valence-electron chi connectivity index (χ2n) is 5.04. The summed E-state index contributed by atoms with van der Waals surface area (Å²) in [5, 5.41) is 14.5. The van der Waals surface area contributed by atoms with E-state index in [0.29, 0.717) is 12.3 Å². The topological polar surface area (TPSA) is 55.2 Å². The number of hydrogen-bond donors (Lipinski definition) is 1. The van der Waals surface area contributed by atoms with Crippen LogP contribution in [0.4, 0.5) is 5.69 Å². The first-order valence-electron chi connectivity index (χ1n) is 6.61. The highest BCUT2D eigenvalue weighted by molar-refractivity contribution is 9.10. The first-order chi connectivity index (χ1) is 8.95. The first kappa shape index (κ1) is 16.1. The first-order valence-corrected chi connectivity index (χ1v) is 7.41. The van der Waals surface area contributed by atoms with E-state index in [1.54, 1.807) is 12.1 Å². The molecular formula is C14H21BrN2O2. The third-order valence-corrected chi connectivity index (χ3v) is 3.63. The molecule has 1 unspecified atom stereocenters. The molecule has 0 aliphatic heterocycles. The molecule has 0 spiro atoms. The minimum atomic E-state index is -0.307. The summed E-state index contributed by atoms with van der Waals surface area (Å²) in [5.41, 5.74) is 0.980. The fraction of sp³-hybridized carbons (Fsp3) is 0.571. The van der Waals surface area contributed by atoms with E-state index in [1.807, 2.05) is 6.07 Å². The Bertz CT molecular complexity index is 435. The summed E-state index contributed by atoms with van der Waals surface area (Å²) in [6, 6.07) is 5.39. The Labute approximate surface area is 122 Å². The highest BCUT2D eigenvalue weighted by Crippen LogP contribution is 2.25. The Morgan fingerprint density at radius 1 is 1.42 bits per heavy atom. The Kier molecular flexibility index (Phi) is 6.45. The number of benzene rings is 1. The number of nitro benzene ring substituents is 1. The maximum absolute atomic E-state index is 11.1. The van der Waals surface area contributed by atoms with Crippen LogP contribution in [0.1, 0.15) is 32.8 Å². The summed E-state index contributed by atoms with van der Waals surface area (Å²) in [7, 11) is 0. The summed E-state index contributed by atoms with van der Waals surface area (Å²) >= 11 is 3.38. The van der Waals surface area contributed by atoms with Crippen LogP contribution in [0.5, 0.6) is 0 Å². The molecule has 4 nitrogen and oxygen atoms in total. The number of hydrogen-bond acceptors (Lipinski definition) is 3. The fourth-order valence-corrected chi connectivity index (χ4v) is 2.41. The second-order valence-corrected chi connectivity index (χ2v) is 5.95. The number of nitro groups is 1. The zero-order valence-electron chi connectivity index (χ0n) is 11.6. The van der Waals surface area contributed by atoms with Crippen LogP contribution in [0.25, 0.3) is 0 Å². The Hall–Kier alpha value is -0.940. The van der Waals surface area contributed by atoms with Crippen LogP contribution in [0.2, 0.25) is 0 Å². The number of rotatable bonds is 7. The van der Waals surface area contributed by atoms with Gasteiger partial charge in [0.2, 0.25) is 0 Å². The molecule has 1 aromatic carbocycles. The SMILES string of the molecule is CCCNC(Cc1cc(Br)ccc1[N+](=O)[O-])C(C)C. The molecule has 0 heterocycles. The normalized spacial score (nSPS) is 12.7. The van der Waals surface area contributed by atoms with Crippen molar-refractivity contribution in [3.05, 3.63) is 38.3 Å². The van der Waals surface area contributed by atoms with E-state index < -0.39 is 0 Å². The highest BCUT2D eigenvalue weighted by Gasteiger charge is 2.20. The monoisotopic (exact) mass is 328 g/mol. The average molecular weight is 329 g/mol. The van der Waals surface area contributed by atoms with E-state index in [0.717, 1.165) is 23.0 Å². The van der Waals surface area contributed by atoms with Crippen molar-refractivity contribution in [3.8, 4) is 0 Å². The molecule has 1 N–H and O–H groups in total. The van der Waals surface area contributed by atoms with Gasteiger partial charge in [0.15, 0.2) is 0 Å². The summed E-state index contributed by atoms with van der Waals surface area (Å²) in [5.74, 6) is 0.435. The molecule has 0 aliphatic carbocycles. The van der Waals surface area contributed by atoms with E-state index in [4.69, 9.17) is 0 Å². The Morgan fingerprint density at radius 2 is 2.11 bits per heavy atom. The maximum Gasteiger partial charge on any atom is 0.272 e. The predicted molar refractivity (Wildman–Crippen MR) is 81.4 cm³/mol. The van der Waals surface area contributed by atoms with Crippen LogP contribution >= 0.6 is 15.9 Å². The highest BCUT2D eigenvalue weighted by atomic mass is 79.9. The van der Waals surface area contributed by atoms with Crippen LogP contribution < -0.4 is 5.32 Å². The summed E-state index contributed by atoms with van der Waals surface area (Å²) in [6.07, 6.45) is 1.73. The smallest absolute Gasteiger partial charge is 0.272 e. The van der Waals surface area contributed by atoms with Crippen LogP contribution in [-0.4, -0.2) is 17.5 Å². The van der Waals surface area contributed by atoms with Crippen molar-refractivity contribution in [1.29, 1.82) is 0 Å². The third kappa shape index (κ3) is 4.91. The molecule has 1 rings (SSSR count). The van der Waals surface area contributed by atoms with Gasteiger partial charge in [-0.1, -0.05) is 36.7 Å². The molecule has 1 atom stereocenters. The van der Waals surface area contributed by atoms with Gasteiger partial charge in [-0.3, -0.25) is 10.1 Å². The van der Waals surface area contributed by atoms with Gasteiger partial charge in [-0.05, 0) is 37.4 Å². The predicted octanol–water partition coefficient (Wildman–Crippen LogP) is 3.92. The lowest BCUT2D eigenvalue weighted by Crippen LogP contribution is -2.36. The van der Waals surface area contributed by atoms with Gasteiger partial charge in [0, 0.05) is 22.1 Å². The zero-order chi connectivity index (χ0) is 14.4. The molecule has 0 fully saturated rings. The van der Waals surface area contributed by atoms with Crippen LogP contribution in [0.3, 0.4) is 0 Å². The molecule has 19 heavy (non-hydrogen) atoms. The number of nitrogens with one attached hydrogen (secondary N) is 1. The van der Waals surface area contributed by atoms with Crippen LogP contribution in [-0.2, 0) is 6.42 Å². The Morgan fingerprint density at radius 3 is 2.63 bits per heavy atom. The number of nitrogens with zero attached hydrogens (tertiary/aromatic N) is 1. The third-order valence-electron chi connectivity index (χ3n) is 3.14. The number of halogens is 1. The minimum Gasteiger partial charge on any atom is -0.313 e. The largest absolute Gasteiger partial charge is 0.313 e. The van der Waals surface area contributed by atoms with Gasteiger partial charge in [0.05, 0.1) is 4.92 Å². The molecule has 0 amide bonds. The van der Waals surface area contributed by atoms with Gasteiger partial charge in [-0.15, -0.1) is 0 Å². The van der Waals surface area contributed by atoms with Gasteiger partial charge >= 0.3 is 0 Å². The van der Waals surface area contributed by atoms with Crippen molar-refractivity contribution < 1.29 is 4.92 Å². The Balaban J connectivity index is 2.94. The fourth-order valence-electron chi connectivity index (χ4n) is 2.01. The average Bonchev–Trinajstić information content (AvgIpc) is 2.33. The summed E-state index contributed by atoms with van der Waals surface area (Å²) < 4.78 is 0.881. The van der Waals surface area contributed by atoms with Gasteiger partial charge in [0.25, 0.3) is 5.69 Å². The molecule has 0 aliphatic rings. The summed E-state index contributed by atoms with van der Waals surface area (Å²) in [4.78, 5) is 10.8. The molecule has 106 valence electrons. The molecule has 0 saturated heterocycles. The molecule has 0 radical (unpaired) electrons. The van der Waals surface area contributed by atoms with Crippen molar-refractivity contribution in [1.82, 2.24) is 5.32 Å². The summed E-state index contributed by atoms with van der Waals surface area (Å²) in [6.45, 7) is 7.32. The van der Waals surface area contributed by atoms with Crippen molar-refractivity contribution in [2.24, 2.45) is 5.92 Å². The molecule has 5 heteroatoms. The van der Waals surface area contributed by atoms with Crippen molar-refractivity contribution in [3.63, 3.8) is 0 Å². The van der Waals surface area contributed by atoms with Crippen LogP contribution in [0.15, 0.2) is 22.7 Å². The molecule has 0 bridgehead atoms. The molecular weight excluding hydrogens is 308 g/mol. The van der Waals surface area contributed by atoms with E-state index in [-0.39, 0.29) is 16.7 Å². The van der Waals surface area contributed by atoms with E-state index in [1.165, 1.54) is 0 Å². The van der Waals surface area contributed by atoms with Gasteiger partial charge in [0.1, 0.15) is 0 Å². The molecule has 0 saturated carbocycles. The van der Waals surface area contributed by atoms with Gasteiger partial charge in [-0.2, -0.15) is 0 Å². The van der Waals surface area contributed by atoms with E-state index in [9.17, 15) is 10.1 Å². The zero-order valence-corrected chi connectivity index (χ0v) is 13.2. The maximum atomic E-state index is 11.1. The standard InChI is InChI=1S/C14H21BrN2O2/c1-4-7-16-13(10(2)3)9-11-8-12(15)5-6-14(11)17(18)19/h5-6,8,10,13,16H,4,7,9H2,1-3H3. The molecule has 1 aromatic rings. The van der Waals surface area contributed by atoms with Crippen molar-refractivity contribution in [2.45, 2.75) is 39.7 Å². The lowest BCUT2D eigenvalue weighted by molar-refractivity contribution is -0.385.